The van der Waals surface area contributed by atoms with Gasteiger partial charge in [-0.2, -0.15) is 0 Å². The predicted molar refractivity (Wildman–Crippen MR) is 72.4 cm³/mol. The maximum absolute atomic E-state index is 8.80. The summed E-state index contributed by atoms with van der Waals surface area (Å²) in [5.74, 6) is 0. The summed E-state index contributed by atoms with van der Waals surface area (Å²) in [5.41, 5.74) is 5.67. The van der Waals surface area contributed by atoms with Crippen LogP contribution in [-0.2, 0) is 0 Å². The molecule has 0 spiro atoms. The van der Waals surface area contributed by atoms with Crippen LogP contribution < -0.4 is 5.73 Å². The third-order valence-electron chi connectivity index (χ3n) is 2.92. The van der Waals surface area contributed by atoms with Gasteiger partial charge in [-0.15, -0.1) is 0 Å². The molecule has 0 aromatic carbocycles. The molecule has 0 aliphatic heterocycles. The minimum Gasteiger partial charge on any atom is -0.390 e. The molecule has 0 amide bonds. The van der Waals surface area contributed by atoms with Crippen molar-refractivity contribution in [1.82, 2.24) is 0 Å². The van der Waals surface area contributed by atoms with E-state index in [1.54, 1.807) is 0 Å². The molecule has 1 atom stereocenters. The van der Waals surface area contributed by atoms with E-state index in [-0.39, 0.29) is 6.04 Å². The second kappa shape index (κ2) is 10.0. The summed E-state index contributed by atoms with van der Waals surface area (Å²) >= 11 is 0. The van der Waals surface area contributed by atoms with Gasteiger partial charge >= 0.3 is 8.80 Å². The van der Waals surface area contributed by atoms with Crippen molar-refractivity contribution < 1.29 is 14.4 Å². The lowest BCUT2D eigenvalue weighted by atomic mass is 10.1. The molecule has 0 radical (unpaired) electrons. The van der Waals surface area contributed by atoms with Crippen molar-refractivity contribution in [3.8, 4) is 0 Å². The molecule has 5 N–H and O–H groups in total. The van der Waals surface area contributed by atoms with Crippen molar-refractivity contribution in [3.05, 3.63) is 0 Å². The largest absolute Gasteiger partial charge is 0.492 e. The highest BCUT2D eigenvalue weighted by molar-refractivity contribution is 6.56. The van der Waals surface area contributed by atoms with Gasteiger partial charge in [0, 0.05) is 12.1 Å². The summed E-state index contributed by atoms with van der Waals surface area (Å²) in [6.45, 7) is 2.05. The van der Waals surface area contributed by atoms with Crippen LogP contribution in [0, 0.1) is 0 Å². The van der Waals surface area contributed by atoms with E-state index < -0.39 is 8.80 Å². The molecule has 0 aromatic heterocycles. The lowest BCUT2D eigenvalue weighted by molar-refractivity contribution is 0.226. The Kier molecular flexibility index (Phi) is 10.1. The Balaban J connectivity index is 3.04. The van der Waals surface area contributed by atoms with Crippen LogP contribution in [-0.4, -0.2) is 29.2 Å². The maximum Gasteiger partial charge on any atom is 0.492 e. The van der Waals surface area contributed by atoms with E-state index in [9.17, 15) is 0 Å². The average molecular weight is 263 g/mol. The van der Waals surface area contributed by atoms with Gasteiger partial charge in [0.05, 0.1) is 0 Å². The van der Waals surface area contributed by atoms with E-state index in [0.717, 1.165) is 25.7 Å². The molecule has 0 saturated heterocycles. The Morgan fingerprint density at radius 2 is 1.24 bits per heavy atom. The van der Waals surface area contributed by atoms with Gasteiger partial charge in [0.15, 0.2) is 0 Å². The fourth-order valence-electron chi connectivity index (χ4n) is 1.89. The van der Waals surface area contributed by atoms with Crippen LogP contribution in [0.3, 0.4) is 0 Å². The standard InChI is InChI=1S/C12H29NO3Si/c1-12(13)10-8-6-4-2-3-5-7-9-11-17(14,15)16/h12,14-16H,2-11,13H2,1H3. The van der Waals surface area contributed by atoms with E-state index in [4.69, 9.17) is 20.1 Å². The lowest BCUT2D eigenvalue weighted by Crippen LogP contribution is -2.33. The van der Waals surface area contributed by atoms with Crippen LogP contribution in [0.15, 0.2) is 0 Å². The van der Waals surface area contributed by atoms with Gasteiger partial charge in [0.1, 0.15) is 0 Å². The molecule has 104 valence electrons. The number of hydrogen-bond acceptors (Lipinski definition) is 4. The Bertz CT molecular complexity index is 172. The topological polar surface area (TPSA) is 86.7 Å². The fraction of sp³-hybridized carbons (Fsp3) is 1.00. The van der Waals surface area contributed by atoms with Crippen LogP contribution >= 0.6 is 0 Å². The minimum absolute atomic E-state index is 0.182. The van der Waals surface area contributed by atoms with Crippen LogP contribution in [0.4, 0.5) is 0 Å². The number of hydrogen-bond donors (Lipinski definition) is 4. The SMILES string of the molecule is CC(N)CCCCCCCCCC[Si](O)(O)O. The first-order valence-corrected chi connectivity index (χ1v) is 8.89. The highest BCUT2D eigenvalue weighted by Crippen LogP contribution is 2.12. The minimum atomic E-state index is -3.77. The highest BCUT2D eigenvalue weighted by atomic mass is 28.4. The van der Waals surface area contributed by atoms with Crippen molar-refractivity contribution in [2.24, 2.45) is 5.73 Å². The molecular formula is C12H29NO3Si. The third-order valence-corrected chi connectivity index (χ3v) is 3.95. The molecule has 0 heterocycles. The summed E-state index contributed by atoms with van der Waals surface area (Å²) in [7, 11) is -3.77. The molecule has 0 saturated carbocycles. The quantitative estimate of drug-likeness (QED) is 0.338. The van der Waals surface area contributed by atoms with Gasteiger partial charge in [-0.1, -0.05) is 44.9 Å². The summed E-state index contributed by atoms with van der Waals surface area (Å²) in [4.78, 5) is 26.4. The van der Waals surface area contributed by atoms with Crippen molar-refractivity contribution >= 4 is 8.80 Å². The van der Waals surface area contributed by atoms with Gasteiger partial charge in [-0.05, 0) is 19.8 Å². The predicted octanol–water partition coefficient (Wildman–Crippen LogP) is 1.76. The van der Waals surface area contributed by atoms with Gasteiger partial charge in [-0.25, -0.2) is 0 Å². The molecule has 0 aliphatic carbocycles. The van der Waals surface area contributed by atoms with E-state index in [1.807, 2.05) is 6.92 Å². The summed E-state index contributed by atoms with van der Waals surface area (Å²) in [6, 6.07) is 0.511. The van der Waals surface area contributed by atoms with Crippen LogP contribution in [0.1, 0.15) is 64.7 Å². The molecule has 1 unspecified atom stereocenters. The third kappa shape index (κ3) is 16.1. The van der Waals surface area contributed by atoms with E-state index in [0.29, 0.717) is 6.04 Å². The molecular weight excluding hydrogens is 234 g/mol. The van der Waals surface area contributed by atoms with E-state index in [2.05, 4.69) is 0 Å². The first-order valence-electron chi connectivity index (χ1n) is 6.84. The van der Waals surface area contributed by atoms with Gasteiger partial charge in [0.2, 0.25) is 0 Å². The van der Waals surface area contributed by atoms with Crippen LogP contribution in [0.25, 0.3) is 0 Å². The zero-order valence-corrected chi connectivity index (χ0v) is 12.1. The maximum atomic E-state index is 8.80. The average Bonchev–Trinajstić information content (AvgIpc) is 2.18. The number of nitrogens with two attached hydrogens (primary N) is 1. The molecule has 5 heteroatoms. The number of rotatable bonds is 11. The Morgan fingerprint density at radius 1 is 0.824 bits per heavy atom. The van der Waals surface area contributed by atoms with Gasteiger partial charge in [-0.3, -0.25) is 0 Å². The first kappa shape index (κ1) is 17.1. The highest BCUT2D eigenvalue weighted by Gasteiger charge is 2.25. The Morgan fingerprint density at radius 3 is 1.65 bits per heavy atom. The zero-order chi connectivity index (χ0) is 13.1. The van der Waals surface area contributed by atoms with Gasteiger partial charge in [0.25, 0.3) is 0 Å². The molecule has 0 rings (SSSR count). The molecule has 17 heavy (non-hydrogen) atoms. The molecule has 0 aromatic rings. The number of unbranched alkanes of at least 4 members (excludes halogenated alkanes) is 7. The smallest absolute Gasteiger partial charge is 0.390 e. The second-order valence-electron chi connectivity index (χ2n) is 5.12. The van der Waals surface area contributed by atoms with Crippen molar-refractivity contribution in [2.75, 3.05) is 0 Å². The summed E-state index contributed by atoms with van der Waals surface area (Å²) in [6.07, 6.45) is 10.2. The zero-order valence-electron chi connectivity index (χ0n) is 11.1. The van der Waals surface area contributed by atoms with Gasteiger partial charge < -0.3 is 20.1 Å². The lowest BCUT2D eigenvalue weighted by Gasteiger charge is -2.08. The monoisotopic (exact) mass is 263 g/mol. The summed E-state index contributed by atoms with van der Waals surface area (Å²) < 4.78 is 0. The fourth-order valence-corrected chi connectivity index (χ4v) is 2.61. The Hall–Kier alpha value is 0.0569. The van der Waals surface area contributed by atoms with Crippen molar-refractivity contribution in [1.29, 1.82) is 0 Å². The Labute approximate surface area is 106 Å². The normalized spacial score (nSPS) is 13.9. The molecule has 0 bridgehead atoms. The first-order chi connectivity index (χ1) is 7.92. The van der Waals surface area contributed by atoms with Crippen LogP contribution in [0.2, 0.25) is 6.04 Å². The van der Waals surface area contributed by atoms with Crippen molar-refractivity contribution in [3.63, 3.8) is 0 Å². The molecule has 0 fully saturated rings. The second-order valence-corrected chi connectivity index (χ2v) is 7.17. The molecule has 0 aliphatic rings. The van der Waals surface area contributed by atoms with Crippen molar-refractivity contribution in [2.45, 2.75) is 76.8 Å². The molecule has 4 nitrogen and oxygen atoms in total. The van der Waals surface area contributed by atoms with E-state index in [1.165, 1.54) is 32.1 Å². The summed E-state index contributed by atoms with van der Waals surface area (Å²) in [5, 5.41) is 0. The van der Waals surface area contributed by atoms with Crippen LogP contribution in [0.5, 0.6) is 0 Å². The van der Waals surface area contributed by atoms with E-state index >= 15 is 0 Å².